The molecule has 0 saturated heterocycles. The van der Waals surface area contributed by atoms with Gasteiger partial charge in [-0.25, -0.2) is 9.37 Å². The van der Waals surface area contributed by atoms with Crippen molar-refractivity contribution < 1.29 is 4.39 Å². The second-order valence-corrected chi connectivity index (χ2v) is 5.04. The predicted octanol–water partition coefficient (Wildman–Crippen LogP) is 3.44. The Morgan fingerprint density at radius 2 is 2.17 bits per heavy atom. The Morgan fingerprint density at radius 3 is 2.89 bits per heavy atom. The van der Waals surface area contributed by atoms with Crippen LogP contribution in [0.15, 0.2) is 35.3 Å². The summed E-state index contributed by atoms with van der Waals surface area (Å²) < 4.78 is 14.2. The average Bonchev–Trinajstić information content (AvgIpc) is 2.74. The van der Waals surface area contributed by atoms with Crippen LogP contribution in [0.2, 0.25) is 5.02 Å². The van der Waals surface area contributed by atoms with Crippen molar-refractivity contribution in [3.8, 4) is 10.6 Å². The second kappa shape index (κ2) is 4.19. The Morgan fingerprint density at radius 1 is 1.33 bits per heavy atom. The number of nitrogens with one attached hydrogen (secondary N) is 1. The Labute approximate surface area is 110 Å². The van der Waals surface area contributed by atoms with E-state index in [2.05, 4.69) is 9.97 Å². The van der Waals surface area contributed by atoms with Crippen molar-refractivity contribution in [2.45, 2.75) is 0 Å². The van der Waals surface area contributed by atoms with Gasteiger partial charge in [0.15, 0.2) is 0 Å². The molecule has 0 spiro atoms. The molecule has 18 heavy (non-hydrogen) atoms. The Balaban J connectivity index is 2.33. The third-order valence-corrected chi connectivity index (χ3v) is 3.89. The van der Waals surface area contributed by atoms with Gasteiger partial charge < -0.3 is 4.98 Å². The zero-order valence-corrected chi connectivity index (χ0v) is 10.5. The molecule has 0 atom stereocenters. The maximum absolute atomic E-state index is 13.8. The topological polar surface area (TPSA) is 45.8 Å². The van der Waals surface area contributed by atoms with Gasteiger partial charge in [0.05, 0.1) is 16.1 Å². The minimum Gasteiger partial charge on any atom is -0.328 e. The van der Waals surface area contributed by atoms with E-state index in [-0.39, 0.29) is 16.1 Å². The molecule has 0 fully saturated rings. The minimum absolute atomic E-state index is 0.233. The summed E-state index contributed by atoms with van der Waals surface area (Å²) in [7, 11) is 0. The lowest BCUT2D eigenvalue weighted by Gasteiger charge is -2.00. The van der Waals surface area contributed by atoms with E-state index in [1.165, 1.54) is 18.3 Å². The van der Waals surface area contributed by atoms with Gasteiger partial charge in [0.1, 0.15) is 15.5 Å². The number of H-pyrrole nitrogens is 1. The first-order chi connectivity index (χ1) is 8.66. The number of fused-ring (bicyclic) bond motifs is 1. The van der Waals surface area contributed by atoms with E-state index in [1.807, 2.05) is 0 Å². The minimum atomic E-state index is -0.446. The van der Waals surface area contributed by atoms with E-state index in [0.29, 0.717) is 15.2 Å². The lowest BCUT2D eigenvalue weighted by Crippen LogP contribution is -2.01. The van der Waals surface area contributed by atoms with Crippen LogP contribution >= 0.6 is 22.9 Å². The van der Waals surface area contributed by atoms with Crippen molar-refractivity contribution in [3.63, 3.8) is 0 Å². The van der Waals surface area contributed by atoms with Crippen LogP contribution in [-0.2, 0) is 0 Å². The average molecular weight is 281 g/mol. The zero-order chi connectivity index (χ0) is 12.7. The molecule has 1 N–H and O–H groups in total. The van der Waals surface area contributed by atoms with E-state index in [4.69, 9.17) is 11.6 Å². The second-order valence-electron chi connectivity index (χ2n) is 3.64. The number of halogens is 2. The number of hydrogen-bond acceptors (Lipinski definition) is 3. The summed E-state index contributed by atoms with van der Waals surface area (Å²) in [6.07, 6.45) is 1.51. The van der Waals surface area contributed by atoms with Crippen LogP contribution in [0.3, 0.4) is 0 Å². The standard InChI is InChI=1S/C12H6ClFN2OS/c13-6-2-1-3-7(14)9(6)12-16-8-4-5-15-11(17)10(8)18-12/h1-5H,(H,15,17). The van der Waals surface area contributed by atoms with Crippen molar-refractivity contribution in [1.29, 1.82) is 0 Å². The molecule has 6 heteroatoms. The molecule has 3 aromatic rings. The number of benzene rings is 1. The monoisotopic (exact) mass is 280 g/mol. The van der Waals surface area contributed by atoms with Gasteiger partial charge in [-0.15, -0.1) is 11.3 Å². The Bertz CT molecular complexity index is 776. The molecule has 0 saturated carbocycles. The maximum Gasteiger partial charge on any atom is 0.267 e. The van der Waals surface area contributed by atoms with Crippen molar-refractivity contribution in [3.05, 3.63) is 51.7 Å². The first-order valence-corrected chi connectivity index (χ1v) is 6.29. The molecule has 1 aromatic carbocycles. The number of pyridine rings is 1. The highest BCUT2D eigenvalue weighted by molar-refractivity contribution is 7.21. The number of nitrogens with zero attached hydrogens (tertiary/aromatic N) is 1. The first-order valence-electron chi connectivity index (χ1n) is 5.09. The number of aromatic nitrogens is 2. The molecule has 0 aliphatic carbocycles. The van der Waals surface area contributed by atoms with Crippen LogP contribution < -0.4 is 5.56 Å². The van der Waals surface area contributed by atoms with Crippen LogP contribution in [-0.4, -0.2) is 9.97 Å². The highest BCUT2D eigenvalue weighted by atomic mass is 35.5. The molecule has 3 rings (SSSR count). The van der Waals surface area contributed by atoms with E-state index in [1.54, 1.807) is 12.1 Å². The smallest absolute Gasteiger partial charge is 0.267 e. The Hall–Kier alpha value is -1.72. The van der Waals surface area contributed by atoms with E-state index >= 15 is 0 Å². The zero-order valence-electron chi connectivity index (χ0n) is 8.91. The molecule has 0 aliphatic rings. The molecule has 0 radical (unpaired) electrons. The van der Waals surface area contributed by atoms with Gasteiger partial charge in [0, 0.05) is 6.20 Å². The molecule has 0 bridgehead atoms. The highest BCUT2D eigenvalue weighted by Gasteiger charge is 2.15. The summed E-state index contributed by atoms with van der Waals surface area (Å²) in [6, 6.07) is 6.11. The molecule has 0 amide bonds. The summed E-state index contributed by atoms with van der Waals surface area (Å²) in [4.78, 5) is 18.4. The van der Waals surface area contributed by atoms with Crippen molar-refractivity contribution in [1.82, 2.24) is 9.97 Å². The van der Waals surface area contributed by atoms with Gasteiger partial charge in [-0.3, -0.25) is 4.79 Å². The molecule has 0 unspecified atom stereocenters. The first kappa shape index (κ1) is 11.4. The van der Waals surface area contributed by atoms with E-state index < -0.39 is 5.82 Å². The van der Waals surface area contributed by atoms with E-state index in [0.717, 1.165) is 11.3 Å². The van der Waals surface area contributed by atoms with Crippen LogP contribution in [0.4, 0.5) is 4.39 Å². The molecule has 2 heterocycles. The highest BCUT2D eigenvalue weighted by Crippen LogP contribution is 2.34. The van der Waals surface area contributed by atoms with Crippen molar-refractivity contribution >= 4 is 33.2 Å². The van der Waals surface area contributed by atoms with Gasteiger partial charge >= 0.3 is 0 Å². The number of hydrogen-bond donors (Lipinski definition) is 1. The summed E-state index contributed by atoms with van der Waals surface area (Å²) >= 11 is 7.10. The molecular weight excluding hydrogens is 275 g/mol. The fourth-order valence-electron chi connectivity index (χ4n) is 1.68. The Kier molecular flexibility index (Phi) is 2.65. The fraction of sp³-hybridized carbons (Fsp3) is 0. The predicted molar refractivity (Wildman–Crippen MR) is 70.6 cm³/mol. The molecule has 3 nitrogen and oxygen atoms in total. The van der Waals surface area contributed by atoms with E-state index in [9.17, 15) is 9.18 Å². The molecular formula is C12H6ClFN2OS. The largest absolute Gasteiger partial charge is 0.328 e. The molecule has 2 aromatic heterocycles. The third kappa shape index (κ3) is 1.72. The van der Waals surface area contributed by atoms with Gasteiger partial charge in [-0.1, -0.05) is 17.7 Å². The number of thiazole rings is 1. The summed E-state index contributed by atoms with van der Waals surface area (Å²) in [5, 5.41) is 0.690. The quantitative estimate of drug-likeness (QED) is 0.742. The summed E-state index contributed by atoms with van der Waals surface area (Å²) in [5.41, 5.74) is 0.543. The molecule has 0 aliphatic heterocycles. The maximum atomic E-state index is 13.8. The van der Waals surface area contributed by atoms with Gasteiger partial charge in [0.2, 0.25) is 0 Å². The number of rotatable bonds is 1. The normalized spacial score (nSPS) is 11.0. The lowest BCUT2D eigenvalue weighted by atomic mass is 10.2. The number of aromatic amines is 1. The van der Waals surface area contributed by atoms with Crippen molar-refractivity contribution in [2.75, 3.05) is 0 Å². The molecule has 90 valence electrons. The van der Waals surface area contributed by atoms with Gasteiger partial charge in [0.25, 0.3) is 5.56 Å². The van der Waals surface area contributed by atoms with Crippen LogP contribution in [0.1, 0.15) is 0 Å². The summed E-state index contributed by atoms with van der Waals surface area (Å²) in [6.45, 7) is 0. The van der Waals surface area contributed by atoms with Gasteiger partial charge in [-0.05, 0) is 18.2 Å². The SMILES string of the molecule is O=c1[nH]ccc2nc(-c3c(F)cccc3Cl)sc12. The van der Waals surface area contributed by atoms with Crippen LogP contribution in [0.5, 0.6) is 0 Å². The van der Waals surface area contributed by atoms with Crippen LogP contribution in [0.25, 0.3) is 20.8 Å². The third-order valence-electron chi connectivity index (χ3n) is 2.49. The van der Waals surface area contributed by atoms with Crippen LogP contribution in [0, 0.1) is 5.82 Å². The lowest BCUT2D eigenvalue weighted by molar-refractivity contribution is 0.631. The summed E-state index contributed by atoms with van der Waals surface area (Å²) in [5.74, 6) is -0.446. The fourth-order valence-corrected chi connectivity index (χ4v) is 3.00. The van der Waals surface area contributed by atoms with Gasteiger partial charge in [-0.2, -0.15) is 0 Å². The van der Waals surface area contributed by atoms with Crippen molar-refractivity contribution in [2.24, 2.45) is 0 Å².